The Balaban J connectivity index is 1.23. The first-order valence-electron chi connectivity index (χ1n) is 10.8. The number of piperazine rings is 1. The van der Waals surface area contributed by atoms with Crippen LogP contribution in [0.5, 0.6) is 11.5 Å². The number of benzene rings is 2. The highest BCUT2D eigenvalue weighted by atomic mass is 19.1. The average molecular weight is 464 g/mol. The smallest absolute Gasteiger partial charge is 0.321 e. The molecule has 2 amide bonds. The highest BCUT2D eigenvalue weighted by Crippen LogP contribution is 2.29. The van der Waals surface area contributed by atoms with Crippen LogP contribution in [0.15, 0.2) is 55.0 Å². The molecule has 0 saturated carbocycles. The summed E-state index contributed by atoms with van der Waals surface area (Å²) in [6, 6.07) is 9.05. The van der Waals surface area contributed by atoms with E-state index in [1.807, 2.05) is 13.1 Å². The number of nitrogens with one attached hydrogen (secondary N) is 2. The molecule has 2 aromatic heterocycles. The average Bonchev–Trinajstić information content (AvgIpc) is 3.24. The minimum atomic E-state index is -0.591. The number of aromatic nitrogens is 3. The number of halogens is 2. The van der Waals surface area contributed by atoms with Crippen LogP contribution in [0.4, 0.5) is 25.1 Å². The molecule has 2 aromatic carbocycles. The van der Waals surface area contributed by atoms with Gasteiger partial charge in [-0.15, -0.1) is 0 Å². The van der Waals surface area contributed by atoms with Gasteiger partial charge in [-0.05, 0) is 48.9 Å². The van der Waals surface area contributed by atoms with Crippen molar-refractivity contribution in [1.82, 2.24) is 19.9 Å². The zero-order valence-electron chi connectivity index (χ0n) is 18.4. The van der Waals surface area contributed by atoms with Crippen LogP contribution in [0.25, 0.3) is 11.0 Å². The number of ether oxygens (including phenoxy) is 1. The predicted octanol–water partition coefficient (Wildman–Crippen LogP) is 4.69. The summed E-state index contributed by atoms with van der Waals surface area (Å²) in [6.45, 7) is 4.24. The topological polar surface area (TPSA) is 86.4 Å². The normalized spacial score (nSPS) is 13.9. The van der Waals surface area contributed by atoms with Crippen LogP contribution in [0.2, 0.25) is 0 Å². The van der Waals surface area contributed by atoms with Crippen LogP contribution < -0.4 is 15.0 Å². The molecule has 3 heterocycles. The number of carbonyl (C=O) groups excluding carboxylic acids is 1. The van der Waals surface area contributed by atoms with Gasteiger partial charge in [0.05, 0.1) is 5.39 Å². The molecule has 8 nitrogen and oxygen atoms in total. The van der Waals surface area contributed by atoms with Crippen molar-refractivity contribution in [3.8, 4) is 11.5 Å². The molecule has 0 bridgehead atoms. The molecule has 174 valence electrons. The van der Waals surface area contributed by atoms with E-state index in [9.17, 15) is 13.6 Å². The van der Waals surface area contributed by atoms with Gasteiger partial charge >= 0.3 is 6.03 Å². The van der Waals surface area contributed by atoms with Crippen molar-refractivity contribution in [1.29, 1.82) is 0 Å². The summed E-state index contributed by atoms with van der Waals surface area (Å²) in [4.78, 5) is 28.5. The second-order valence-electron chi connectivity index (χ2n) is 8.00. The Morgan fingerprint density at radius 3 is 2.59 bits per heavy atom. The maximum absolute atomic E-state index is 14.2. The van der Waals surface area contributed by atoms with E-state index in [4.69, 9.17) is 4.74 Å². The summed E-state index contributed by atoms with van der Waals surface area (Å²) < 4.78 is 32.8. The Hall–Kier alpha value is -4.21. The monoisotopic (exact) mass is 464 g/mol. The third-order valence-corrected chi connectivity index (χ3v) is 5.74. The van der Waals surface area contributed by atoms with E-state index >= 15 is 0 Å². The van der Waals surface area contributed by atoms with Crippen molar-refractivity contribution in [2.75, 3.05) is 36.4 Å². The zero-order chi connectivity index (χ0) is 23.7. The second-order valence-corrected chi connectivity index (χ2v) is 8.00. The number of urea groups is 1. The first kappa shape index (κ1) is 21.6. The van der Waals surface area contributed by atoms with Crippen molar-refractivity contribution >= 4 is 28.6 Å². The van der Waals surface area contributed by atoms with E-state index < -0.39 is 11.6 Å². The minimum Gasteiger partial charge on any atom is -0.454 e. The Bertz CT molecular complexity index is 1330. The molecule has 10 heteroatoms. The standard InChI is InChI=1S/C24H22F2N6O2/c1-15-13-27-22-21(15)23(29-14-28-22)31-8-10-32(11-9-31)24(33)30-17-4-7-19(26)20(12-17)34-18-5-2-16(25)3-6-18/h2-7,12-14H,8-11H2,1H3,(H,30,33)(H,27,28,29). The molecule has 1 aliphatic heterocycles. The van der Waals surface area contributed by atoms with Gasteiger partial charge < -0.3 is 24.8 Å². The molecule has 0 atom stereocenters. The van der Waals surface area contributed by atoms with Crippen molar-refractivity contribution in [3.05, 3.63) is 72.2 Å². The van der Waals surface area contributed by atoms with E-state index in [-0.39, 0.29) is 17.5 Å². The van der Waals surface area contributed by atoms with Gasteiger partial charge in [-0.2, -0.15) is 0 Å². The summed E-state index contributed by atoms with van der Waals surface area (Å²) >= 11 is 0. The number of amides is 2. The van der Waals surface area contributed by atoms with Gasteiger partial charge in [0.2, 0.25) is 0 Å². The summed E-state index contributed by atoms with van der Waals surface area (Å²) in [5, 5.41) is 3.78. The number of aromatic amines is 1. The number of H-pyrrole nitrogens is 1. The molecule has 34 heavy (non-hydrogen) atoms. The van der Waals surface area contributed by atoms with Gasteiger partial charge in [0.15, 0.2) is 11.6 Å². The van der Waals surface area contributed by atoms with Crippen molar-refractivity contribution in [2.45, 2.75) is 6.92 Å². The van der Waals surface area contributed by atoms with Crippen molar-refractivity contribution in [2.24, 2.45) is 0 Å². The maximum Gasteiger partial charge on any atom is 0.321 e. The lowest BCUT2D eigenvalue weighted by Gasteiger charge is -2.35. The highest BCUT2D eigenvalue weighted by Gasteiger charge is 2.24. The number of aryl methyl sites for hydroxylation is 1. The minimum absolute atomic E-state index is 0.0659. The Morgan fingerprint density at radius 2 is 1.82 bits per heavy atom. The van der Waals surface area contributed by atoms with Crippen LogP contribution in [0, 0.1) is 18.6 Å². The Labute approximate surface area is 194 Å². The number of hydrogen-bond donors (Lipinski definition) is 2. The van der Waals surface area contributed by atoms with Crippen LogP contribution in [-0.4, -0.2) is 52.1 Å². The maximum atomic E-state index is 14.2. The quantitative estimate of drug-likeness (QED) is 0.458. The second kappa shape index (κ2) is 8.97. The van der Waals surface area contributed by atoms with Crippen LogP contribution >= 0.6 is 0 Å². The fourth-order valence-corrected chi connectivity index (χ4v) is 3.95. The van der Waals surface area contributed by atoms with E-state index in [0.29, 0.717) is 31.9 Å². The van der Waals surface area contributed by atoms with Crippen LogP contribution in [-0.2, 0) is 0 Å². The molecule has 0 unspecified atom stereocenters. The summed E-state index contributed by atoms with van der Waals surface area (Å²) in [5.74, 6) is 0.0682. The van der Waals surface area contributed by atoms with Crippen molar-refractivity contribution < 1.29 is 18.3 Å². The molecule has 0 radical (unpaired) electrons. The van der Waals surface area contributed by atoms with E-state index in [1.165, 1.54) is 48.8 Å². The summed E-state index contributed by atoms with van der Waals surface area (Å²) in [7, 11) is 0. The number of anilines is 2. The van der Waals surface area contributed by atoms with Crippen LogP contribution in [0.3, 0.4) is 0 Å². The Kier molecular flexibility index (Phi) is 5.70. The molecular formula is C24H22F2N6O2. The summed E-state index contributed by atoms with van der Waals surface area (Å²) in [5.41, 5.74) is 2.25. The number of rotatable bonds is 4. The highest BCUT2D eigenvalue weighted by molar-refractivity contribution is 5.91. The zero-order valence-corrected chi connectivity index (χ0v) is 18.4. The molecule has 1 saturated heterocycles. The van der Waals surface area contributed by atoms with Gasteiger partial charge in [0.1, 0.15) is 29.4 Å². The fraction of sp³-hybridized carbons (Fsp3) is 0.208. The van der Waals surface area contributed by atoms with Crippen molar-refractivity contribution in [3.63, 3.8) is 0 Å². The predicted molar refractivity (Wildman–Crippen MR) is 124 cm³/mol. The molecule has 1 aliphatic rings. The molecular weight excluding hydrogens is 442 g/mol. The molecule has 2 N–H and O–H groups in total. The van der Waals surface area contributed by atoms with Gasteiger partial charge in [-0.3, -0.25) is 0 Å². The lowest BCUT2D eigenvalue weighted by Crippen LogP contribution is -2.50. The third kappa shape index (κ3) is 4.34. The largest absolute Gasteiger partial charge is 0.454 e. The molecule has 1 fully saturated rings. The van der Waals surface area contributed by atoms with Gasteiger partial charge in [-0.25, -0.2) is 23.5 Å². The van der Waals surface area contributed by atoms with Gasteiger partial charge in [0, 0.05) is 44.1 Å². The molecule has 5 rings (SSSR count). The third-order valence-electron chi connectivity index (χ3n) is 5.74. The Morgan fingerprint density at radius 1 is 1.06 bits per heavy atom. The van der Waals surface area contributed by atoms with E-state index in [1.54, 1.807) is 4.90 Å². The molecule has 0 spiro atoms. The number of carbonyl (C=O) groups is 1. The van der Waals surface area contributed by atoms with Gasteiger partial charge in [0.25, 0.3) is 0 Å². The first-order chi connectivity index (χ1) is 16.5. The fourth-order valence-electron chi connectivity index (χ4n) is 3.95. The lowest BCUT2D eigenvalue weighted by molar-refractivity contribution is 0.208. The van der Waals surface area contributed by atoms with E-state index in [0.717, 1.165) is 22.4 Å². The lowest BCUT2D eigenvalue weighted by atomic mass is 10.2. The first-order valence-corrected chi connectivity index (χ1v) is 10.8. The molecule has 4 aromatic rings. The van der Waals surface area contributed by atoms with Crippen LogP contribution in [0.1, 0.15) is 5.56 Å². The molecule has 0 aliphatic carbocycles. The van der Waals surface area contributed by atoms with Gasteiger partial charge in [-0.1, -0.05) is 0 Å². The van der Waals surface area contributed by atoms with E-state index in [2.05, 4.69) is 25.2 Å². The number of hydrogen-bond acceptors (Lipinski definition) is 5. The number of fused-ring (bicyclic) bond motifs is 1. The number of nitrogens with zero attached hydrogens (tertiary/aromatic N) is 4. The summed E-state index contributed by atoms with van der Waals surface area (Å²) in [6.07, 6.45) is 3.44. The SMILES string of the molecule is Cc1c[nH]c2ncnc(N3CCN(C(=O)Nc4ccc(F)c(Oc5ccc(F)cc5)c4)CC3)c12.